The zero-order valence-corrected chi connectivity index (χ0v) is 12.1. The number of sulfone groups is 1. The predicted octanol–water partition coefficient (Wildman–Crippen LogP) is 2.61. The maximum absolute atomic E-state index is 12.3. The van der Waals surface area contributed by atoms with Gasteiger partial charge in [-0.3, -0.25) is 0 Å². The Labute approximate surface area is 114 Å². The molecule has 0 heterocycles. The van der Waals surface area contributed by atoms with Crippen LogP contribution in [0.25, 0.3) is 10.8 Å². The summed E-state index contributed by atoms with van der Waals surface area (Å²) in [6, 6.07) is 13.3. The third-order valence-electron chi connectivity index (χ3n) is 3.39. The van der Waals surface area contributed by atoms with Crippen LogP contribution in [0.4, 0.5) is 0 Å². The van der Waals surface area contributed by atoms with Gasteiger partial charge in [-0.05, 0) is 43.3 Å². The highest BCUT2D eigenvalue weighted by atomic mass is 32.2. The Morgan fingerprint density at radius 3 is 2.47 bits per heavy atom. The largest absolute Gasteiger partial charge is 0.317 e. The fourth-order valence-corrected chi connectivity index (χ4v) is 3.44. The fourth-order valence-electron chi connectivity index (χ4n) is 1.95. The summed E-state index contributed by atoms with van der Waals surface area (Å²) in [7, 11) is -1.36. The van der Waals surface area contributed by atoms with Gasteiger partial charge >= 0.3 is 0 Å². The van der Waals surface area contributed by atoms with Crippen LogP contribution in [0.1, 0.15) is 13.3 Å². The van der Waals surface area contributed by atoms with Crippen LogP contribution < -0.4 is 5.32 Å². The highest BCUT2D eigenvalue weighted by Crippen LogP contribution is 2.20. The maximum atomic E-state index is 12.3. The molecule has 0 radical (unpaired) electrons. The standard InChI is InChI=1S/C15H19NO2S/c1-12(16-2)9-10-19(17,18)15-8-7-13-5-3-4-6-14(13)11-15/h3-8,11-12,16H,9-10H2,1-2H3. The first-order chi connectivity index (χ1) is 9.03. The Balaban J connectivity index is 2.27. The second-order valence-electron chi connectivity index (χ2n) is 4.81. The summed E-state index contributed by atoms with van der Waals surface area (Å²) < 4.78 is 24.5. The van der Waals surface area contributed by atoms with Crippen molar-refractivity contribution >= 4 is 20.6 Å². The lowest BCUT2D eigenvalue weighted by molar-refractivity contribution is 0.565. The van der Waals surface area contributed by atoms with Crippen molar-refractivity contribution in [2.75, 3.05) is 12.8 Å². The minimum absolute atomic E-state index is 0.174. The van der Waals surface area contributed by atoms with Gasteiger partial charge in [-0.1, -0.05) is 30.3 Å². The van der Waals surface area contributed by atoms with E-state index in [4.69, 9.17) is 0 Å². The Morgan fingerprint density at radius 2 is 1.79 bits per heavy atom. The summed E-state index contributed by atoms with van der Waals surface area (Å²) in [5.41, 5.74) is 0. The minimum atomic E-state index is -3.20. The molecule has 0 saturated carbocycles. The number of benzene rings is 2. The van der Waals surface area contributed by atoms with E-state index in [0.717, 1.165) is 10.8 Å². The SMILES string of the molecule is CNC(C)CCS(=O)(=O)c1ccc2ccccc2c1. The van der Waals surface area contributed by atoms with Gasteiger partial charge in [0, 0.05) is 6.04 Å². The van der Waals surface area contributed by atoms with Crippen molar-refractivity contribution < 1.29 is 8.42 Å². The smallest absolute Gasteiger partial charge is 0.178 e. The van der Waals surface area contributed by atoms with E-state index in [1.165, 1.54) is 0 Å². The third-order valence-corrected chi connectivity index (χ3v) is 5.14. The molecule has 19 heavy (non-hydrogen) atoms. The summed E-state index contributed by atoms with van der Waals surface area (Å²) >= 11 is 0. The summed E-state index contributed by atoms with van der Waals surface area (Å²) in [5.74, 6) is 0.174. The molecule has 0 aliphatic heterocycles. The highest BCUT2D eigenvalue weighted by molar-refractivity contribution is 7.91. The molecule has 2 aromatic rings. The fraction of sp³-hybridized carbons (Fsp3) is 0.333. The van der Waals surface area contributed by atoms with Gasteiger partial charge in [-0.15, -0.1) is 0 Å². The molecule has 0 aliphatic rings. The van der Waals surface area contributed by atoms with E-state index in [9.17, 15) is 8.42 Å². The van der Waals surface area contributed by atoms with Gasteiger partial charge < -0.3 is 5.32 Å². The molecule has 1 atom stereocenters. The summed E-state index contributed by atoms with van der Waals surface area (Å²) in [4.78, 5) is 0.412. The number of hydrogen-bond acceptors (Lipinski definition) is 3. The molecule has 0 spiro atoms. The van der Waals surface area contributed by atoms with Gasteiger partial charge in [0.25, 0.3) is 0 Å². The Morgan fingerprint density at radius 1 is 1.11 bits per heavy atom. The van der Waals surface area contributed by atoms with Crippen LogP contribution in [-0.2, 0) is 9.84 Å². The van der Waals surface area contributed by atoms with E-state index in [-0.39, 0.29) is 11.8 Å². The maximum Gasteiger partial charge on any atom is 0.178 e. The van der Waals surface area contributed by atoms with E-state index in [0.29, 0.717) is 11.3 Å². The number of fused-ring (bicyclic) bond motifs is 1. The van der Waals surface area contributed by atoms with Gasteiger partial charge in [0.05, 0.1) is 10.6 Å². The first-order valence-corrected chi connectivity index (χ1v) is 8.07. The lowest BCUT2D eigenvalue weighted by Gasteiger charge is -2.10. The van der Waals surface area contributed by atoms with Gasteiger partial charge in [0.1, 0.15) is 0 Å². The van der Waals surface area contributed by atoms with Crippen molar-refractivity contribution in [3.8, 4) is 0 Å². The van der Waals surface area contributed by atoms with Crippen LogP contribution in [0.15, 0.2) is 47.4 Å². The van der Waals surface area contributed by atoms with Crippen LogP contribution >= 0.6 is 0 Å². The van der Waals surface area contributed by atoms with E-state index in [1.54, 1.807) is 12.1 Å². The Hall–Kier alpha value is -1.39. The van der Waals surface area contributed by atoms with Gasteiger partial charge in [-0.2, -0.15) is 0 Å². The second kappa shape index (κ2) is 5.72. The number of hydrogen-bond donors (Lipinski definition) is 1. The zero-order valence-electron chi connectivity index (χ0n) is 11.3. The zero-order chi connectivity index (χ0) is 13.9. The van der Waals surface area contributed by atoms with Gasteiger partial charge in [-0.25, -0.2) is 8.42 Å². The Kier molecular flexibility index (Phi) is 4.22. The molecular formula is C15H19NO2S. The van der Waals surface area contributed by atoms with Crippen LogP contribution in [0.5, 0.6) is 0 Å². The van der Waals surface area contributed by atoms with Crippen molar-refractivity contribution in [3.05, 3.63) is 42.5 Å². The van der Waals surface area contributed by atoms with E-state index >= 15 is 0 Å². The van der Waals surface area contributed by atoms with E-state index in [2.05, 4.69) is 5.32 Å². The predicted molar refractivity (Wildman–Crippen MR) is 79.1 cm³/mol. The molecule has 0 amide bonds. The monoisotopic (exact) mass is 277 g/mol. The normalized spacial score (nSPS) is 13.6. The average Bonchev–Trinajstić information content (AvgIpc) is 2.44. The lowest BCUT2D eigenvalue weighted by atomic mass is 10.1. The summed E-state index contributed by atoms with van der Waals surface area (Å²) in [6.07, 6.45) is 0.617. The van der Waals surface area contributed by atoms with Crippen LogP contribution in [0.2, 0.25) is 0 Å². The van der Waals surface area contributed by atoms with Crippen molar-refractivity contribution in [2.24, 2.45) is 0 Å². The molecule has 1 unspecified atom stereocenters. The summed E-state index contributed by atoms with van der Waals surface area (Å²) in [6.45, 7) is 1.98. The molecule has 0 aromatic heterocycles. The molecule has 2 rings (SSSR count). The van der Waals surface area contributed by atoms with Crippen molar-refractivity contribution in [2.45, 2.75) is 24.3 Å². The van der Waals surface area contributed by atoms with Crippen molar-refractivity contribution in [3.63, 3.8) is 0 Å². The molecule has 102 valence electrons. The molecular weight excluding hydrogens is 258 g/mol. The first kappa shape index (κ1) is 14.0. The van der Waals surface area contributed by atoms with Crippen LogP contribution in [0, 0.1) is 0 Å². The van der Waals surface area contributed by atoms with Crippen LogP contribution in [0.3, 0.4) is 0 Å². The molecule has 0 bridgehead atoms. The van der Waals surface area contributed by atoms with E-state index in [1.807, 2.05) is 44.3 Å². The highest BCUT2D eigenvalue weighted by Gasteiger charge is 2.15. The molecule has 4 heteroatoms. The van der Waals surface area contributed by atoms with E-state index < -0.39 is 9.84 Å². The lowest BCUT2D eigenvalue weighted by Crippen LogP contribution is -2.24. The minimum Gasteiger partial charge on any atom is -0.317 e. The van der Waals surface area contributed by atoms with Crippen molar-refractivity contribution in [1.82, 2.24) is 5.32 Å². The van der Waals surface area contributed by atoms with Gasteiger partial charge in [0.2, 0.25) is 0 Å². The number of nitrogens with one attached hydrogen (secondary N) is 1. The van der Waals surface area contributed by atoms with Crippen molar-refractivity contribution in [1.29, 1.82) is 0 Å². The molecule has 2 aromatic carbocycles. The molecule has 0 aliphatic carbocycles. The third kappa shape index (κ3) is 3.33. The molecule has 0 saturated heterocycles. The van der Waals surface area contributed by atoms with Crippen LogP contribution in [-0.4, -0.2) is 27.3 Å². The second-order valence-corrected chi connectivity index (χ2v) is 6.92. The average molecular weight is 277 g/mol. The topological polar surface area (TPSA) is 46.2 Å². The Bertz CT molecular complexity index is 665. The quantitative estimate of drug-likeness (QED) is 0.914. The molecule has 1 N–H and O–H groups in total. The number of rotatable bonds is 5. The summed E-state index contributed by atoms with van der Waals surface area (Å²) in [5, 5.41) is 5.08. The van der Waals surface area contributed by atoms with Gasteiger partial charge in [0.15, 0.2) is 9.84 Å². The molecule has 3 nitrogen and oxygen atoms in total. The first-order valence-electron chi connectivity index (χ1n) is 6.42. The molecule has 0 fully saturated rings.